The zero-order valence-electron chi connectivity index (χ0n) is 8.31. The van der Waals surface area contributed by atoms with Gasteiger partial charge < -0.3 is 5.43 Å². The summed E-state index contributed by atoms with van der Waals surface area (Å²) in [4.78, 5) is 12.5. The Morgan fingerprint density at radius 3 is 2.73 bits per heavy atom. The Morgan fingerprint density at radius 2 is 2.00 bits per heavy atom. The van der Waals surface area contributed by atoms with Gasteiger partial charge in [-0.2, -0.15) is 0 Å². The quantitative estimate of drug-likeness (QED) is 0.562. The number of pyridine rings is 1. The van der Waals surface area contributed by atoms with Gasteiger partial charge in [0.05, 0.1) is 0 Å². The van der Waals surface area contributed by atoms with Gasteiger partial charge in [0.15, 0.2) is 5.82 Å². The van der Waals surface area contributed by atoms with Gasteiger partial charge in [0.1, 0.15) is 11.5 Å². The van der Waals surface area contributed by atoms with Crippen molar-refractivity contribution in [3.8, 4) is 11.5 Å². The summed E-state index contributed by atoms with van der Waals surface area (Å²) in [6.07, 6.45) is 3.37. The maximum Gasteiger partial charge on any atom is 0.180 e. The molecule has 0 aliphatic carbocycles. The third-order valence-corrected chi connectivity index (χ3v) is 1.95. The molecule has 0 unspecified atom stereocenters. The number of hydrazine groups is 1. The van der Waals surface area contributed by atoms with E-state index in [4.69, 9.17) is 5.84 Å². The fourth-order valence-corrected chi connectivity index (χ4v) is 1.22. The second-order valence-electron chi connectivity index (χ2n) is 3.13. The number of hydrogen-bond acceptors (Lipinski definition) is 5. The molecule has 0 spiro atoms. The number of nitrogens with one attached hydrogen (secondary N) is 1. The first-order valence-corrected chi connectivity index (χ1v) is 4.52. The van der Waals surface area contributed by atoms with E-state index in [-0.39, 0.29) is 0 Å². The highest BCUT2D eigenvalue weighted by atomic mass is 15.3. The van der Waals surface area contributed by atoms with Crippen LogP contribution in [0.3, 0.4) is 0 Å². The number of nitrogen functional groups attached to an aromatic ring is 1. The molecular weight excluding hydrogens is 190 g/mol. The summed E-state index contributed by atoms with van der Waals surface area (Å²) in [6, 6.07) is 5.55. The van der Waals surface area contributed by atoms with Crippen LogP contribution in [-0.4, -0.2) is 15.0 Å². The van der Waals surface area contributed by atoms with Crippen LogP contribution >= 0.6 is 0 Å². The highest BCUT2D eigenvalue weighted by Crippen LogP contribution is 2.13. The summed E-state index contributed by atoms with van der Waals surface area (Å²) in [5.41, 5.74) is 4.34. The first-order chi connectivity index (χ1) is 7.29. The van der Waals surface area contributed by atoms with Crippen molar-refractivity contribution in [3.05, 3.63) is 36.2 Å². The number of aryl methyl sites for hydroxylation is 1. The zero-order chi connectivity index (χ0) is 10.7. The summed E-state index contributed by atoms with van der Waals surface area (Å²) >= 11 is 0. The number of aromatic nitrogens is 3. The van der Waals surface area contributed by atoms with Gasteiger partial charge in [-0.1, -0.05) is 0 Å². The highest BCUT2D eigenvalue weighted by molar-refractivity contribution is 5.52. The third-order valence-electron chi connectivity index (χ3n) is 1.95. The van der Waals surface area contributed by atoms with E-state index in [0.717, 1.165) is 11.3 Å². The molecule has 0 saturated heterocycles. The van der Waals surface area contributed by atoms with Gasteiger partial charge in [0, 0.05) is 18.5 Å². The van der Waals surface area contributed by atoms with Crippen LogP contribution in [0.5, 0.6) is 0 Å². The van der Waals surface area contributed by atoms with Gasteiger partial charge in [0.25, 0.3) is 0 Å². The molecule has 2 heterocycles. The number of nitrogens with two attached hydrogens (primary N) is 1. The monoisotopic (exact) mass is 201 g/mol. The smallest absolute Gasteiger partial charge is 0.180 e. The Morgan fingerprint density at radius 1 is 1.20 bits per heavy atom. The average molecular weight is 201 g/mol. The van der Waals surface area contributed by atoms with Crippen LogP contribution in [0.1, 0.15) is 5.56 Å². The molecule has 0 bridgehead atoms. The lowest BCUT2D eigenvalue weighted by atomic mass is 10.2. The van der Waals surface area contributed by atoms with Gasteiger partial charge in [-0.15, -0.1) is 0 Å². The molecule has 5 nitrogen and oxygen atoms in total. The Kier molecular flexibility index (Phi) is 2.55. The first kappa shape index (κ1) is 9.54. The summed E-state index contributed by atoms with van der Waals surface area (Å²) < 4.78 is 0. The van der Waals surface area contributed by atoms with Crippen molar-refractivity contribution in [1.82, 2.24) is 15.0 Å². The van der Waals surface area contributed by atoms with E-state index < -0.39 is 0 Å². The first-order valence-electron chi connectivity index (χ1n) is 4.52. The maximum atomic E-state index is 5.27. The minimum absolute atomic E-state index is 0.564. The van der Waals surface area contributed by atoms with Crippen LogP contribution in [0.25, 0.3) is 11.5 Å². The minimum atomic E-state index is 0.564. The van der Waals surface area contributed by atoms with Gasteiger partial charge in [-0.25, -0.2) is 15.8 Å². The van der Waals surface area contributed by atoms with Gasteiger partial charge in [-0.3, -0.25) is 4.98 Å². The zero-order valence-corrected chi connectivity index (χ0v) is 8.31. The molecule has 3 N–H and O–H groups in total. The molecule has 76 valence electrons. The lowest BCUT2D eigenvalue weighted by Crippen LogP contribution is -2.09. The van der Waals surface area contributed by atoms with Gasteiger partial charge >= 0.3 is 0 Å². The predicted octanol–water partition coefficient (Wildman–Crippen LogP) is 1.13. The molecule has 15 heavy (non-hydrogen) atoms. The lowest BCUT2D eigenvalue weighted by Gasteiger charge is -2.02. The molecule has 2 rings (SSSR count). The highest BCUT2D eigenvalue weighted by Gasteiger charge is 2.03. The Hall–Kier alpha value is -2.01. The van der Waals surface area contributed by atoms with E-state index in [2.05, 4.69) is 20.4 Å². The van der Waals surface area contributed by atoms with E-state index in [0.29, 0.717) is 11.6 Å². The molecule has 2 aromatic heterocycles. The summed E-state index contributed by atoms with van der Waals surface area (Å²) in [6.45, 7) is 2.00. The predicted molar refractivity (Wildman–Crippen MR) is 57.8 cm³/mol. The van der Waals surface area contributed by atoms with E-state index in [1.807, 2.05) is 19.1 Å². The van der Waals surface area contributed by atoms with Crippen LogP contribution in [-0.2, 0) is 0 Å². The summed E-state index contributed by atoms with van der Waals surface area (Å²) in [7, 11) is 0. The normalized spacial score (nSPS) is 10.0. The Labute approximate surface area is 87.4 Å². The molecule has 5 heteroatoms. The van der Waals surface area contributed by atoms with Crippen LogP contribution in [0.4, 0.5) is 5.82 Å². The Bertz CT molecular complexity index is 469. The average Bonchev–Trinajstić information content (AvgIpc) is 2.29. The SMILES string of the molecule is Cc1ccnc(-c2nccc(NN)n2)c1. The van der Waals surface area contributed by atoms with Gasteiger partial charge in [-0.05, 0) is 24.6 Å². The van der Waals surface area contributed by atoms with Crippen LogP contribution in [0, 0.1) is 6.92 Å². The molecule has 0 saturated carbocycles. The van der Waals surface area contributed by atoms with Crippen LogP contribution < -0.4 is 11.3 Å². The summed E-state index contributed by atoms with van der Waals surface area (Å²) in [5.74, 6) is 6.40. The van der Waals surface area contributed by atoms with Crippen LogP contribution in [0.15, 0.2) is 30.6 Å². The second-order valence-corrected chi connectivity index (χ2v) is 3.13. The van der Waals surface area contributed by atoms with Crippen molar-refractivity contribution >= 4 is 5.82 Å². The largest absolute Gasteiger partial charge is 0.308 e. The minimum Gasteiger partial charge on any atom is -0.308 e. The summed E-state index contributed by atoms with van der Waals surface area (Å²) in [5, 5.41) is 0. The van der Waals surface area contributed by atoms with E-state index in [1.54, 1.807) is 18.5 Å². The number of rotatable bonds is 2. The van der Waals surface area contributed by atoms with Crippen molar-refractivity contribution in [3.63, 3.8) is 0 Å². The fraction of sp³-hybridized carbons (Fsp3) is 0.100. The molecule has 0 amide bonds. The topological polar surface area (TPSA) is 76.7 Å². The third kappa shape index (κ3) is 2.08. The van der Waals surface area contributed by atoms with Crippen molar-refractivity contribution in [2.24, 2.45) is 5.84 Å². The Balaban J connectivity index is 2.44. The van der Waals surface area contributed by atoms with Crippen LogP contribution in [0.2, 0.25) is 0 Å². The fourth-order valence-electron chi connectivity index (χ4n) is 1.22. The number of anilines is 1. The standard InChI is InChI=1S/C10H11N5/c1-7-2-4-12-8(6-7)10-13-5-3-9(14-10)15-11/h2-6H,11H2,1H3,(H,13,14,15). The molecule has 0 fully saturated rings. The second kappa shape index (κ2) is 4.02. The van der Waals surface area contributed by atoms with Crippen molar-refractivity contribution in [1.29, 1.82) is 0 Å². The van der Waals surface area contributed by atoms with E-state index >= 15 is 0 Å². The molecule has 2 aromatic rings. The molecule has 0 aliphatic heterocycles. The number of nitrogens with zero attached hydrogens (tertiary/aromatic N) is 3. The molecule has 0 aliphatic rings. The molecular formula is C10H11N5. The van der Waals surface area contributed by atoms with Crippen molar-refractivity contribution < 1.29 is 0 Å². The number of hydrogen-bond donors (Lipinski definition) is 2. The van der Waals surface area contributed by atoms with Gasteiger partial charge in [0.2, 0.25) is 0 Å². The van der Waals surface area contributed by atoms with Crippen molar-refractivity contribution in [2.75, 3.05) is 5.43 Å². The molecule has 0 aromatic carbocycles. The molecule has 0 atom stereocenters. The van der Waals surface area contributed by atoms with Crippen molar-refractivity contribution in [2.45, 2.75) is 6.92 Å². The van der Waals surface area contributed by atoms with E-state index in [9.17, 15) is 0 Å². The maximum absolute atomic E-state index is 5.27. The lowest BCUT2D eigenvalue weighted by molar-refractivity contribution is 1.12. The van der Waals surface area contributed by atoms with E-state index in [1.165, 1.54) is 0 Å². The molecule has 0 radical (unpaired) electrons.